The van der Waals surface area contributed by atoms with Crippen LogP contribution in [0.25, 0.3) is 15.9 Å². The van der Waals surface area contributed by atoms with Gasteiger partial charge >= 0.3 is 0 Å². The van der Waals surface area contributed by atoms with Crippen molar-refractivity contribution in [2.75, 3.05) is 5.32 Å². The van der Waals surface area contributed by atoms with E-state index in [4.69, 9.17) is 0 Å². The lowest BCUT2D eigenvalue weighted by Crippen LogP contribution is -2.10. The first kappa shape index (κ1) is 18.6. The summed E-state index contributed by atoms with van der Waals surface area (Å²) in [7, 11) is 0. The van der Waals surface area contributed by atoms with Crippen LogP contribution in [0.15, 0.2) is 65.6 Å². The number of nitrogens with one attached hydrogen (secondary N) is 1. The molecular weight excluding hydrogens is 400 g/mol. The third-order valence-electron chi connectivity index (χ3n) is 4.11. The van der Waals surface area contributed by atoms with Crippen molar-refractivity contribution in [2.24, 2.45) is 0 Å². The summed E-state index contributed by atoms with van der Waals surface area (Å²) in [5, 5.41) is 8.32. The number of hydrogen-bond donors (Lipinski definition) is 1. The van der Waals surface area contributed by atoms with Crippen molar-refractivity contribution < 1.29 is 13.6 Å². The van der Waals surface area contributed by atoms with Gasteiger partial charge < -0.3 is 5.32 Å². The molecule has 0 aliphatic carbocycles. The van der Waals surface area contributed by atoms with Crippen molar-refractivity contribution in [3.63, 3.8) is 0 Å². The standard InChI is InChI=1S/C20H15F2N3OS2/c1-12-16-11-17(28-19(16)25(24-12)14-5-3-2-4-6-14)18(26)23-13-7-9-15(10-8-13)27-20(21)22/h2-11,20H,1H3,(H,23,26). The van der Waals surface area contributed by atoms with Crippen LogP contribution in [0, 0.1) is 6.92 Å². The lowest BCUT2D eigenvalue weighted by molar-refractivity contribution is 0.103. The van der Waals surface area contributed by atoms with E-state index >= 15 is 0 Å². The van der Waals surface area contributed by atoms with Gasteiger partial charge in [0.2, 0.25) is 0 Å². The Bertz CT molecular complexity index is 1120. The maximum Gasteiger partial charge on any atom is 0.288 e. The van der Waals surface area contributed by atoms with Gasteiger partial charge in [-0.2, -0.15) is 13.9 Å². The number of carbonyl (C=O) groups is 1. The quantitative estimate of drug-likeness (QED) is 0.409. The van der Waals surface area contributed by atoms with Gasteiger partial charge in [0, 0.05) is 16.0 Å². The number of para-hydroxylation sites is 1. The number of halogens is 2. The number of thiophene rings is 1. The summed E-state index contributed by atoms with van der Waals surface area (Å²) in [6.45, 7) is 1.91. The number of hydrogen-bond acceptors (Lipinski definition) is 4. The van der Waals surface area contributed by atoms with E-state index in [9.17, 15) is 13.6 Å². The zero-order valence-electron chi connectivity index (χ0n) is 14.7. The molecule has 1 N–H and O–H groups in total. The van der Waals surface area contributed by atoms with Crippen LogP contribution in [-0.4, -0.2) is 21.4 Å². The molecule has 2 aromatic heterocycles. The van der Waals surface area contributed by atoms with E-state index < -0.39 is 5.76 Å². The predicted octanol–water partition coefficient (Wildman–Crippen LogP) is 5.96. The lowest BCUT2D eigenvalue weighted by Gasteiger charge is -2.05. The second-order valence-electron chi connectivity index (χ2n) is 6.02. The van der Waals surface area contributed by atoms with Crippen molar-refractivity contribution >= 4 is 44.9 Å². The number of nitrogens with zero attached hydrogens (tertiary/aromatic N) is 2. The first-order valence-corrected chi connectivity index (χ1v) is 10.1. The first-order valence-electron chi connectivity index (χ1n) is 8.42. The fraction of sp³-hybridized carbons (Fsp3) is 0.100. The molecule has 0 unspecified atom stereocenters. The Hall–Kier alpha value is -2.71. The fourth-order valence-electron chi connectivity index (χ4n) is 2.82. The van der Waals surface area contributed by atoms with Crippen LogP contribution >= 0.6 is 23.1 Å². The van der Waals surface area contributed by atoms with Crippen LogP contribution in [0.4, 0.5) is 14.5 Å². The van der Waals surface area contributed by atoms with E-state index in [0.29, 0.717) is 27.2 Å². The summed E-state index contributed by atoms with van der Waals surface area (Å²) >= 11 is 1.84. The Morgan fingerprint density at radius 2 is 1.86 bits per heavy atom. The molecule has 142 valence electrons. The number of anilines is 1. The minimum atomic E-state index is -2.47. The summed E-state index contributed by atoms with van der Waals surface area (Å²) in [5.74, 6) is -2.71. The summed E-state index contributed by atoms with van der Waals surface area (Å²) in [5.41, 5.74) is 2.34. The normalized spacial score (nSPS) is 11.3. The number of thioether (sulfide) groups is 1. The largest absolute Gasteiger partial charge is 0.321 e. The minimum Gasteiger partial charge on any atom is -0.321 e. The van der Waals surface area contributed by atoms with Gasteiger partial charge in [0.15, 0.2) is 0 Å². The molecule has 0 aliphatic rings. The van der Waals surface area contributed by atoms with E-state index in [1.54, 1.807) is 24.3 Å². The zero-order valence-corrected chi connectivity index (χ0v) is 16.4. The third-order valence-corrected chi connectivity index (χ3v) is 5.94. The van der Waals surface area contributed by atoms with E-state index in [2.05, 4.69) is 10.4 Å². The molecule has 0 bridgehead atoms. The molecule has 8 heteroatoms. The monoisotopic (exact) mass is 415 g/mol. The van der Waals surface area contributed by atoms with Crippen LogP contribution in [0.5, 0.6) is 0 Å². The second kappa shape index (κ2) is 7.73. The van der Waals surface area contributed by atoms with Gasteiger partial charge in [-0.25, -0.2) is 4.68 Å². The third kappa shape index (κ3) is 3.79. The molecule has 1 amide bonds. The highest BCUT2D eigenvalue weighted by Gasteiger charge is 2.17. The van der Waals surface area contributed by atoms with E-state index in [-0.39, 0.29) is 5.91 Å². The van der Waals surface area contributed by atoms with Crippen molar-refractivity contribution in [1.29, 1.82) is 0 Å². The molecule has 4 nitrogen and oxygen atoms in total. The Morgan fingerprint density at radius 3 is 2.54 bits per heavy atom. The molecule has 2 heterocycles. The molecule has 0 aliphatic heterocycles. The van der Waals surface area contributed by atoms with Gasteiger partial charge in [-0.3, -0.25) is 4.79 Å². The van der Waals surface area contributed by atoms with Gasteiger partial charge in [-0.05, 0) is 49.4 Å². The molecule has 2 aromatic carbocycles. The van der Waals surface area contributed by atoms with Gasteiger partial charge in [0.25, 0.3) is 11.7 Å². The zero-order chi connectivity index (χ0) is 19.7. The summed E-state index contributed by atoms with van der Waals surface area (Å²) in [6.07, 6.45) is 0. The summed E-state index contributed by atoms with van der Waals surface area (Å²) < 4.78 is 26.6. The molecule has 0 saturated heterocycles. The van der Waals surface area contributed by atoms with Gasteiger partial charge in [0.1, 0.15) is 4.83 Å². The lowest BCUT2D eigenvalue weighted by atomic mass is 10.3. The Kier molecular flexibility index (Phi) is 5.15. The number of carbonyl (C=O) groups excluding carboxylic acids is 1. The van der Waals surface area contributed by atoms with Crippen molar-refractivity contribution in [2.45, 2.75) is 17.6 Å². The SMILES string of the molecule is Cc1nn(-c2ccccc2)c2sc(C(=O)Nc3ccc(SC(F)F)cc3)cc12. The molecule has 28 heavy (non-hydrogen) atoms. The molecular formula is C20H15F2N3OS2. The number of amides is 1. The highest BCUT2D eigenvalue weighted by atomic mass is 32.2. The van der Waals surface area contributed by atoms with Gasteiger partial charge in [-0.15, -0.1) is 11.3 Å². The summed E-state index contributed by atoms with van der Waals surface area (Å²) in [4.78, 5) is 14.6. The highest BCUT2D eigenvalue weighted by Crippen LogP contribution is 2.31. The number of aryl methyl sites for hydroxylation is 1. The second-order valence-corrected chi connectivity index (χ2v) is 8.11. The smallest absolute Gasteiger partial charge is 0.288 e. The number of fused-ring (bicyclic) bond motifs is 1. The Morgan fingerprint density at radius 1 is 1.14 bits per heavy atom. The van der Waals surface area contributed by atoms with Crippen LogP contribution in [0.1, 0.15) is 15.4 Å². The van der Waals surface area contributed by atoms with Crippen LogP contribution in [0.2, 0.25) is 0 Å². The van der Waals surface area contributed by atoms with Crippen LogP contribution in [-0.2, 0) is 0 Å². The molecule has 0 spiro atoms. The average molecular weight is 415 g/mol. The maximum absolute atomic E-state index is 12.6. The van der Waals surface area contributed by atoms with Crippen molar-refractivity contribution in [3.8, 4) is 5.69 Å². The fourth-order valence-corrected chi connectivity index (χ4v) is 4.39. The van der Waals surface area contributed by atoms with E-state index in [1.807, 2.05) is 48.0 Å². The number of alkyl halides is 2. The number of aromatic nitrogens is 2. The molecule has 4 aromatic rings. The average Bonchev–Trinajstić information content (AvgIpc) is 3.24. The predicted molar refractivity (Wildman–Crippen MR) is 110 cm³/mol. The van der Waals surface area contributed by atoms with Crippen molar-refractivity contribution in [3.05, 3.63) is 71.2 Å². The van der Waals surface area contributed by atoms with E-state index in [1.165, 1.54) is 11.3 Å². The van der Waals surface area contributed by atoms with Gasteiger partial charge in [-0.1, -0.05) is 30.0 Å². The molecule has 4 rings (SSSR count). The van der Waals surface area contributed by atoms with Crippen LogP contribution < -0.4 is 5.32 Å². The Balaban J connectivity index is 1.58. The Labute approximate surface area is 168 Å². The van der Waals surface area contributed by atoms with Crippen LogP contribution in [0.3, 0.4) is 0 Å². The molecule has 0 radical (unpaired) electrons. The number of rotatable bonds is 5. The van der Waals surface area contributed by atoms with Gasteiger partial charge in [0.05, 0.1) is 16.3 Å². The first-order chi connectivity index (χ1) is 13.5. The molecule has 0 atom stereocenters. The molecule has 0 saturated carbocycles. The number of benzene rings is 2. The van der Waals surface area contributed by atoms with E-state index in [0.717, 1.165) is 21.6 Å². The minimum absolute atomic E-state index is 0.241. The maximum atomic E-state index is 12.6. The molecule has 0 fully saturated rings. The highest BCUT2D eigenvalue weighted by molar-refractivity contribution is 7.99. The summed E-state index contributed by atoms with van der Waals surface area (Å²) in [6, 6.07) is 17.9. The topological polar surface area (TPSA) is 46.9 Å². The van der Waals surface area contributed by atoms with Crippen molar-refractivity contribution in [1.82, 2.24) is 9.78 Å².